The third-order valence-electron chi connectivity index (χ3n) is 7.19. The zero-order chi connectivity index (χ0) is 27.9. The SMILES string of the molecule is CCCCCCCCCCCCCCCCOC[C@H](COC(=O)CCCCCCCCCCC)OC(C)=O. The maximum atomic E-state index is 12.1. The van der Waals surface area contributed by atoms with Gasteiger partial charge >= 0.3 is 11.9 Å². The van der Waals surface area contributed by atoms with Crippen LogP contribution in [0.1, 0.15) is 175 Å². The summed E-state index contributed by atoms with van der Waals surface area (Å²) in [6.45, 7) is 6.90. The van der Waals surface area contributed by atoms with Crippen molar-refractivity contribution in [1.29, 1.82) is 0 Å². The third kappa shape index (κ3) is 29.5. The molecule has 0 saturated heterocycles. The predicted octanol–water partition coefficient (Wildman–Crippen LogP) is 9.88. The van der Waals surface area contributed by atoms with E-state index in [0.29, 0.717) is 13.0 Å². The van der Waals surface area contributed by atoms with E-state index in [4.69, 9.17) is 14.2 Å². The quantitative estimate of drug-likeness (QED) is 0.0670. The van der Waals surface area contributed by atoms with Gasteiger partial charge in [0, 0.05) is 20.0 Å². The van der Waals surface area contributed by atoms with Crippen LogP contribution >= 0.6 is 0 Å². The Morgan fingerprint density at radius 3 is 1.34 bits per heavy atom. The van der Waals surface area contributed by atoms with Gasteiger partial charge in [-0.2, -0.15) is 0 Å². The molecule has 5 heteroatoms. The van der Waals surface area contributed by atoms with Crippen molar-refractivity contribution < 1.29 is 23.8 Å². The topological polar surface area (TPSA) is 61.8 Å². The van der Waals surface area contributed by atoms with Crippen LogP contribution in [0.15, 0.2) is 0 Å². The fourth-order valence-corrected chi connectivity index (χ4v) is 4.80. The van der Waals surface area contributed by atoms with Crippen LogP contribution in [0.25, 0.3) is 0 Å². The number of hydrogen-bond acceptors (Lipinski definition) is 5. The summed E-state index contributed by atoms with van der Waals surface area (Å²) in [6.07, 6.45) is 29.5. The van der Waals surface area contributed by atoms with Gasteiger partial charge < -0.3 is 14.2 Å². The Hall–Kier alpha value is -1.10. The first kappa shape index (κ1) is 36.9. The summed E-state index contributed by atoms with van der Waals surface area (Å²) in [5, 5.41) is 0. The Labute approximate surface area is 236 Å². The first-order chi connectivity index (χ1) is 18.6. The molecule has 0 N–H and O–H groups in total. The Morgan fingerprint density at radius 1 is 0.526 bits per heavy atom. The number of unbranched alkanes of at least 4 members (excludes halogenated alkanes) is 21. The van der Waals surface area contributed by atoms with Crippen LogP contribution in [0.5, 0.6) is 0 Å². The molecule has 0 aromatic heterocycles. The van der Waals surface area contributed by atoms with Crippen LogP contribution in [0.3, 0.4) is 0 Å². The van der Waals surface area contributed by atoms with E-state index < -0.39 is 6.10 Å². The highest BCUT2D eigenvalue weighted by atomic mass is 16.6. The molecule has 0 aliphatic heterocycles. The van der Waals surface area contributed by atoms with Crippen molar-refractivity contribution in [1.82, 2.24) is 0 Å². The molecule has 0 rings (SSSR count). The molecular formula is C33H64O5. The zero-order valence-electron chi connectivity index (χ0n) is 25.7. The first-order valence-electron chi connectivity index (χ1n) is 16.5. The van der Waals surface area contributed by atoms with Gasteiger partial charge in [-0.1, -0.05) is 149 Å². The number of carbonyl (C=O) groups excluding carboxylic acids is 2. The number of carbonyl (C=O) groups is 2. The normalized spacial score (nSPS) is 12.0. The fourth-order valence-electron chi connectivity index (χ4n) is 4.80. The second kappa shape index (κ2) is 30.4. The lowest BCUT2D eigenvalue weighted by molar-refractivity contribution is -0.161. The van der Waals surface area contributed by atoms with Gasteiger partial charge in [0.2, 0.25) is 0 Å². The minimum atomic E-state index is -0.522. The summed E-state index contributed by atoms with van der Waals surface area (Å²) >= 11 is 0. The number of hydrogen-bond donors (Lipinski definition) is 0. The van der Waals surface area contributed by atoms with Crippen molar-refractivity contribution in [3.63, 3.8) is 0 Å². The minimum absolute atomic E-state index is 0.0780. The Bertz CT molecular complexity index is 508. The van der Waals surface area contributed by atoms with E-state index in [2.05, 4.69) is 13.8 Å². The van der Waals surface area contributed by atoms with Crippen LogP contribution in [-0.2, 0) is 23.8 Å². The summed E-state index contributed by atoms with van der Waals surface area (Å²) in [6, 6.07) is 0. The predicted molar refractivity (Wildman–Crippen MR) is 159 cm³/mol. The van der Waals surface area contributed by atoms with Crippen LogP contribution < -0.4 is 0 Å². The maximum absolute atomic E-state index is 12.1. The molecule has 38 heavy (non-hydrogen) atoms. The van der Waals surface area contributed by atoms with Crippen molar-refractivity contribution in [2.75, 3.05) is 19.8 Å². The van der Waals surface area contributed by atoms with Gasteiger partial charge in [0.25, 0.3) is 0 Å². The minimum Gasteiger partial charge on any atom is -0.462 e. The molecule has 0 spiro atoms. The van der Waals surface area contributed by atoms with Crippen molar-refractivity contribution in [2.45, 2.75) is 181 Å². The summed E-state index contributed by atoms with van der Waals surface area (Å²) < 4.78 is 16.4. The third-order valence-corrected chi connectivity index (χ3v) is 7.19. The van der Waals surface area contributed by atoms with Crippen molar-refractivity contribution in [3.8, 4) is 0 Å². The van der Waals surface area contributed by atoms with E-state index in [1.165, 1.54) is 135 Å². The smallest absolute Gasteiger partial charge is 0.305 e. The van der Waals surface area contributed by atoms with Gasteiger partial charge in [-0.05, 0) is 12.8 Å². The Kier molecular flexibility index (Phi) is 29.6. The fraction of sp³-hybridized carbons (Fsp3) is 0.939. The zero-order valence-corrected chi connectivity index (χ0v) is 25.7. The van der Waals surface area contributed by atoms with Gasteiger partial charge in [0.05, 0.1) is 6.61 Å². The number of ether oxygens (including phenoxy) is 3. The van der Waals surface area contributed by atoms with E-state index in [-0.39, 0.29) is 25.2 Å². The molecule has 0 unspecified atom stereocenters. The molecule has 1 atom stereocenters. The van der Waals surface area contributed by atoms with E-state index >= 15 is 0 Å². The first-order valence-corrected chi connectivity index (χ1v) is 16.5. The summed E-state index contributed by atoms with van der Waals surface area (Å²) in [5.41, 5.74) is 0. The van der Waals surface area contributed by atoms with Gasteiger partial charge in [0.1, 0.15) is 6.61 Å². The number of esters is 2. The lowest BCUT2D eigenvalue weighted by atomic mass is 10.0. The lowest BCUT2D eigenvalue weighted by Gasteiger charge is -2.17. The highest BCUT2D eigenvalue weighted by molar-refractivity contribution is 5.69. The molecule has 0 aliphatic rings. The van der Waals surface area contributed by atoms with Gasteiger partial charge in [-0.15, -0.1) is 0 Å². The van der Waals surface area contributed by atoms with Crippen LogP contribution in [0.2, 0.25) is 0 Å². The largest absolute Gasteiger partial charge is 0.462 e. The molecular weight excluding hydrogens is 476 g/mol. The second-order valence-electron chi connectivity index (χ2n) is 11.2. The van der Waals surface area contributed by atoms with E-state index in [1.54, 1.807) is 0 Å². The summed E-state index contributed by atoms with van der Waals surface area (Å²) in [5.74, 6) is -0.581. The number of rotatable bonds is 30. The van der Waals surface area contributed by atoms with E-state index in [9.17, 15) is 9.59 Å². The van der Waals surface area contributed by atoms with Crippen molar-refractivity contribution in [3.05, 3.63) is 0 Å². The monoisotopic (exact) mass is 540 g/mol. The summed E-state index contributed by atoms with van der Waals surface area (Å²) in [7, 11) is 0. The van der Waals surface area contributed by atoms with Crippen molar-refractivity contribution >= 4 is 11.9 Å². The van der Waals surface area contributed by atoms with Gasteiger partial charge in [-0.25, -0.2) is 0 Å². The van der Waals surface area contributed by atoms with Crippen molar-refractivity contribution in [2.24, 2.45) is 0 Å². The Morgan fingerprint density at radius 2 is 0.921 bits per heavy atom. The summed E-state index contributed by atoms with van der Waals surface area (Å²) in [4.78, 5) is 23.5. The average Bonchev–Trinajstić information content (AvgIpc) is 2.90. The molecule has 0 radical (unpaired) electrons. The Balaban J connectivity index is 3.62. The molecule has 0 aliphatic carbocycles. The molecule has 0 bridgehead atoms. The van der Waals surface area contributed by atoms with Crippen LogP contribution in [0, 0.1) is 0 Å². The molecule has 226 valence electrons. The molecule has 0 heterocycles. The van der Waals surface area contributed by atoms with Crippen LogP contribution in [0.4, 0.5) is 0 Å². The molecule has 0 saturated carbocycles. The van der Waals surface area contributed by atoms with Crippen LogP contribution in [-0.4, -0.2) is 37.9 Å². The molecule has 0 fully saturated rings. The standard InChI is InChI=1S/C33H64O5/c1-4-6-8-10-12-14-15-16-17-18-20-22-24-26-28-36-29-32(38-31(3)34)30-37-33(35)27-25-23-21-19-13-11-9-7-5-2/h32H,4-30H2,1-3H3/t32-/m1/s1. The van der Waals surface area contributed by atoms with E-state index in [1.807, 2.05) is 0 Å². The molecule has 0 aromatic rings. The highest BCUT2D eigenvalue weighted by Crippen LogP contribution is 2.13. The van der Waals surface area contributed by atoms with E-state index in [0.717, 1.165) is 19.3 Å². The average molecular weight is 541 g/mol. The second-order valence-corrected chi connectivity index (χ2v) is 11.2. The molecule has 0 aromatic carbocycles. The highest BCUT2D eigenvalue weighted by Gasteiger charge is 2.15. The maximum Gasteiger partial charge on any atom is 0.305 e. The lowest BCUT2D eigenvalue weighted by Crippen LogP contribution is -2.29. The van der Waals surface area contributed by atoms with Gasteiger partial charge in [0.15, 0.2) is 6.10 Å². The van der Waals surface area contributed by atoms with Gasteiger partial charge in [-0.3, -0.25) is 9.59 Å². The molecule has 5 nitrogen and oxygen atoms in total. The molecule has 0 amide bonds.